The van der Waals surface area contributed by atoms with Gasteiger partial charge in [-0.3, -0.25) is 0 Å². The second kappa shape index (κ2) is 4.07. The number of hydrogen-bond donors (Lipinski definition) is 1. The van der Waals surface area contributed by atoms with E-state index in [1.165, 1.54) is 0 Å². The molecule has 0 amide bonds. The normalized spacial score (nSPS) is 11.1. The number of rotatable bonds is 3. The van der Waals surface area contributed by atoms with Crippen LogP contribution < -0.4 is 5.73 Å². The molecule has 0 aliphatic rings. The monoisotopic (exact) mass is 227 g/mol. The van der Waals surface area contributed by atoms with E-state index in [2.05, 4.69) is 4.98 Å². The first kappa shape index (κ1) is 10.1. The van der Waals surface area contributed by atoms with Crippen molar-refractivity contribution in [1.29, 1.82) is 0 Å². The fourth-order valence-electron chi connectivity index (χ4n) is 1.96. The Hall–Kier alpha value is -2.07. The summed E-state index contributed by atoms with van der Waals surface area (Å²) in [5, 5.41) is 0. The van der Waals surface area contributed by atoms with Crippen molar-refractivity contribution in [2.24, 2.45) is 5.73 Å². The molecular formula is C13H13N3O. The number of nitrogens with zero attached hydrogens (tertiary/aromatic N) is 2. The lowest BCUT2D eigenvalue weighted by molar-refractivity contribution is 0.519. The highest BCUT2D eigenvalue weighted by atomic mass is 16.3. The van der Waals surface area contributed by atoms with Gasteiger partial charge in [-0.15, -0.1) is 0 Å². The first-order valence-corrected chi connectivity index (χ1v) is 5.55. The van der Waals surface area contributed by atoms with Crippen molar-refractivity contribution in [3.8, 4) is 0 Å². The molecule has 17 heavy (non-hydrogen) atoms. The zero-order valence-corrected chi connectivity index (χ0v) is 9.34. The quantitative estimate of drug-likeness (QED) is 0.744. The van der Waals surface area contributed by atoms with Crippen LogP contribution in [0, 0.1) is 0 Å². The van der Waals surface area contributed by atoms with Gasteiger partial charge < -0.3 is 14.6 Å². The minimum absolute atomic E-state index is 0.508. The molecule has 3 rings (SSSR count). The Bertz CT molecular complexity index is 625. The first-order valence-electron chi connectivity index (χ1n) is 5.55. The van der Waals surface area contributed by atoms with E-state index in [1.54, 1.807) is 6.26 Å². The van der Waals surface area contributed by atoms with Crippen LogP contribution in [0.1, 0.15) is 17.1 Å². The minimum Gasteiger partial charge on any atom is -0.469 e. The van der Waals surface area contributed by atoms with E-state index in [-0.39, 0.29) is 0 Å². The Morgan fingerprint density at radius 3 is 2.94 bits per heavy atom. The Morgan fingerprint density at radius 2 is 2.18 bits per heavy atom. The van der Waals surface area contributed by atoms with Crippen LogP contribution in [0.4, 0.5) is 0 Å². The van der Waals surface area contributed by atoms with Crippen LogP contribution in [0.25, 0.3) is 5.65 Å². The highest BCUT2D eigenvalue weighted by Crippen LogP contribution is 2.13. The van der Waals surface area contributed by atoms with E-state index in [0.29, 0.717) is 13.0 Å². The molecule has 0 saturated carbocycles. The third kappa shape index (κ3) is 1.83. The number of fused-ring (bicyclic) bond motifs is 1. The summed E-state index contributed by atoms with van der Waals surface area (Å²) in [5.74, 6) is 0.919. The molecule has 2 N–H and O–H groups in total. The average molecular weight is 227 g/mol. The summed E-state index contributed by atoms with van der Waals surface area (Å²) in [7, 11) is 0. The summed E-state index contributed by atoms with van der Waals surface area (Å²) < 4.78 is 7.34. The molecule has 0 aliphatic heterocycles. The van der Waals surface area contributed by atoms with Crippen LogP contribution in [-0.4, -0.2) is 9.38 Å². The minimum atomic E-state index is 0.508. The maximum atomic E-state index is 5.69. The van der Waals surface area contributed by atoms with Crippen molar-refractivity contribution >= 4 is 5.65 Å². The maximum absolute atomic E-state index is 5.69. The van der Waals surface area contributed by atoms with Gasteiger partial charge >= 0.3 is 0 Å². The molecule has 3 aromatic rings. The van der Waals surface area contributed by atoms with Gasteiger partial charge in [0.25, 0.3) is 0 Å². The number of pyridine rings is 1. The van der Waals surface area contributed by atoms with Crippen LogP contribution >= 0.6 is 0 Å². The van der Waals surface area contributed by atoms with Gasteiger partial charge in [0.05, 0.1) is 12.0 Å². The molecule has 0 unspecified atom stereocenters. The summed E-state index contributed by atoms with van der Waals surface area (Å²) in [4.78, 5) is 4.54. The highest BCUT2D eigenvalue weighted by molar-refractivity contribution is 5.42. The van der Waals surface area contributed by atoms with Crippen LogP contribution in [0.5, 0.6) is 0 Å². The maximum Gasteiger partial charge on any atom is 0.137 e. The van der Waals surface area contributed by atoms with Gasteiger partial charge in [-0.05, 0) is 24.3 Å². The van der Waals surface area contributed by atoms with E-state index in [9.17, 15) is 0 Å². The number of aromatic nitrogens is 2. The smallest absolute Gasteiger partial charge is 0.137 e. The molecule has 0 atom stereocenters. The topological polar surface area (TPSA) is 56.5 Å². The molecule has 0 aliphatic carbocycles. The lowest BCUT2D eigenvalue weighted by Crippen LogP contribution is -2.02. The standard InChI is InChI=1S/C13H13N3O/c14-8-11-3-1-5-13-15-10(9-16(11)13)7-12-4-2-6-17-12/h1-6,9H,7-8,14H2. The van der Waals surface area contributed by atoms with Crippen LogP contribution in [0.15, 0.2) is 47.2 Å². The molecule has 0 fully saturated rings. The summed E-state index contributed by atoms with van der Waals surface area (Å²) in [5.41, 5.74) is 8.66. The highest BCUT2D eigenvalue weighted by Gasteiger charge is 2.06. The predicted octanol–water partition coefficient (Wildman–Crippen LogP) is 1.98. The number of hydrogen-bond acceptors (Lipinski definition) is 3. The lowest BCUT2D eigenvalue weighted by atomic mass is 10.3. The summed E-state index contributed by atoms with van der Waals surface area (Å²) in [6.07, 6.45) is 4.40. The molecule has 3 aromatic heterocycles. The Balaban J connectivity index is 2.02. The average Bonchev–Trinajstić information content (AvgIpc) is 2.97. The predicted molar refractivity (Wildman–Crippen MR) is 64.6 cm³/mol. The van der Waals surface area contributed by atoms with E-state index in [0.717, 1.165) is 22.8 Å². The fraction of sp³-hybridized carbons (Fsp3) is 0.154. The van der Waals surface area contributed by atoms with E-state index >= 15 is 0 Å². The van der Waals surface area contributed by atoms with E-state index in [1.807, 2.05) is 40.9 Å². The molecule has 0 spiro atoms. The molecule has 86 valence electrons. The van der Waals surface area contributed by atoms with Gasteiger partial charge in [-0.25, -0.2) is 4.98 Å². The molecule has 4 nitrogen and oxygen atoms in total. The van der Waals surface area contributed by atoms with Crippen molar-refractivity contribution < 1.29 is 4.42 Å². The Morgan fingerprint density at radius 1 is 1.24 bits per heavy atom. The van der Waals surface area contributed by atoms with Crippen LogP contribution in [0.2, 0.25) is 0 Å². The van der Waals surface area contributed by atoms with Gasteiger partial charge in [-0.2, -0.15) is 0 Å². The van der Waals surface area contributed by atoms with Gasteiger partial charge in [-0.1, -0.05) is 6.07 Å². The van der Waals surface area contributed by atoms with E-state index < -0.39 is 0 Å². The van der Waals surface area contributed by atoms with Crippen molar-refractivity contribution in [3.63, 3.8) is 0 Å². The molecular weight excluding hydrogens is 214 g/mol. The van der Waals surface area contributed by atoms with Crippen molar-refractivity contribution in [2.45, 2.75) is 13.0 Å². The van der Waals surface area contributed by atoms with Gasteiger partial charge in [0.2, 0.25) is 0 Å². The zero-order valence-electron chi connectivity index (χ0n) is 9.34. The SMILES string of the molecule is NCc1cccc2nc(Cc3ccco3)cn12. The summed E-state index contributed by atoms with van der Waals surface area (Å²) in [6.45, 7) is 0.508. The summed E-state index contributed by atoms with van der Waals surface area (Å²) >= 11 is 0. The molecule has 0 aromatic carbocycles. The van der Waals surface area contributed by atoms with Gasteiger partial charge in [0.1, 0.15) is 11.4 Å². The van der Waals surface area contributed by atoms with E-state index in [4.69, 9.17) is 10.2 Å². The Kier molecular flexibility index (Phi) is 2.42. The lowest BCUT2D eigenvalue weighted by Gasteiger charge is -1.99. The second-order valence-electron chi connectivity index (χ2n) is 3.94. The van der Waals surface area contributed by atoms with Crippen molar-refractivity contribution in [3.05, 3.63) is 59.9 Å². The largest absolute Gasteiger partial charge is 0.469 e. The zero-order chi connectivity index (χ0) is 11.7. The summed E-state index contributed by atoms with van der Waals surface area (Å²) in [6, 6.07) is 9.79. The molecule has 4 heteroatoms. The van der Waals surface area contributed by atoms with Gasteiger partial charge in [0.15, 0.2) is 0 Å². The van der Waals surface area contributed by atoms with Gasteiger partial charge in [0, 0.05) is 24.9 Å². The number of furan rings is 1. The second-order valence-corrected chi connectivity index (χ2v) is 3.94. The molecule has 0 radical (unpaired) electrons. The number of nitrogens with two attached hydrogens (primary N) is 1. The van der Waals surface area contributed by atoms with Crippen LogP contribution in [-0.2, 0) is 13.0 Å². The fourth-order valence-corrected chi connectivity index (χ4v) is 1.96. The molecule has 0 saturated heterocycles. The van der Waals surface area contributed by atoms with Crippen LogP contribution in [0.3, 0.4) is 0 Å². The number of imidazole rings is 1. The molecule has 0 bridgehead atoms. The third-order valence-electron chi connectivity index (χ3n) is 2.77. The third-order valence-corrected chi connectivity index (χ3v) is 2.77. The molecule has 3 heterocycles. The Labute approximate surface area is 98.7 Å². The first-order chi connectivity index (χ1) is 8.36. The van der Waals surface area contributed by atoms with Crippen molar-refractivity contribution in [1.82, 2.24) is 9.38 Å². The van der Waals surface area contributed by atoms with Crippen molar-refractivity contribution in [2.75, 3.05) is 0 Å².